The molecule has 1 aromatic heterocycles. The van der Waals surface area contributed by atoms with Crippen molar-refractivity contribution in [1.82, 2.24) is 5.32 Å². The van der Waals surface area contributed by atoms with Crippen molar-refractivity contribution < 1.29 is 9.50 Å². The summed E-state index contributed by atoms with van der Waals surface area (Å²) in [6.07, 6.45) is 0. The van der Waals surface area contributed by atoms with Gasteiger partial charge in [0.2, 0.25) is 0 Å². The third-order valence-corrected chi connectivity index (χ3v) is 4.33. The number of rotatable bonds is 4. The highest BCUT2D eigenvalue weighted by Crippen LogP contribution is 2.29. The molecule has 2 nitrogen and oxygen atoms in total. The fraction of sp³-hybridized carbons (Fsp3) is 0.333. The molecule has 0 saturated heterocycles. The predicted molar refractivity (Wildman–Crippen MR) is 77.1 cm³/mol. The predicted octanol–water partition coefficient (Wildman–Crippen LogP) is 4.31. The zero-order chi connectivity index (χ0) is 14.0. The first-order chi connectivity index (χ1) is 8.97. The molecule has 0 radical (unpaired) electrons. The molecule has 102 valence electrons. The van der Waals surface area contributed by atoms with E-state index in [1.54, 1.807) is 11.3 Å². The Morgan fingerprint density at radius 1 is 1.16 bits per heavy atom. The zero-order valence-corrected chi connectivity index (χ0v) is 12.1. The summed E-state index contributed by atoms with van der Waals surface area (Å²) in [6, 6.07) is 8.25. The van der Waals surface area contributed by atoms with Gasteiger partial charge < -0.3 is 10.4 Å². The Kier molecular flexibility index (Phi) is 4.22. The van der Waals surface area contributed by atoms with Crippen LogP contribution in [0.25, 0.3) is 0 Å². The van der Waals surface area contributed by atoms with E-state index >= 15 is 0 Å². The summed E-state index contributed by atoms with van der Waals surface area (Å²) in [5.74, 6) is -0.211. The minimum absolute atomic E-state index is 0.117. The van der Waals surface area contributed by atoms with Gasteiger partial charge in [-0.2, -0.15) is 0 Å². The number of phenols is 1. The van der Waals surface area contributed by atoms with Crippen LogP contribution in [0.2, 0.25) is 0 Å². The van der Waals surface area contributed by atoms with Gasteiger partial charge in [0.25, 0.3) is 0 Å². The van der Waals surface area contributed by atoms with Crippen LogP contribution in [-0.4, -0.2) is 5.11 Å². The normalized spacial score (nSPS) is 14.3. The molecule has 4 heteroatoms. The van der Waals surface area contributed by atoms with E-state index in [9.17, 15) is 9.50 Å². The topological polar surface area (TPSA) is 32.3 Å². The van der Waals surface area contributed by atoms with E-state index in [4.69, 9.17) is 0 Å². The molecular formula is C15H18FNOS. The zero-order valence-electron chi connectivity index (χ0n) is 11.3. The summed E-state index contributed by atoms with van der Waals surface area (Å²) in [5.41, 5.74) is 0.583. The summed E-state index contributed by atoms with van der Waals surface area (Å²) in [5, 5.41) is 13.2. The van der Waals surface area contributed by atoms with E-state index in [0.29, 0.717) is 5.56 Å². The summed E-state index contributed by atoms with van der Waals surface area (Å²) in [7, 11) is 0. The molecule has 0 aliphatic carbocycles. The maximum Gasteiger partial charge on any atom is 0.123 e. The number of hydrogen-bond donors (Lipinski definition) is 2. The molecule has 2 rings (SSSR count). The van der Waals surface area contributed by atoms with Crippen molar-refractivity contribution in [2.24, 2.45) is 0 Å². The fourth-order valence-corrected chi connectivity index (χ4v) is 2.99. The van der Waals surface area contributed by atoms with E-state index in [1.807, 2.05) is 6.92 Å². The Bertz CT molecular complexity index is 567. The molecular weight excluding hydrogens is 261 g/mol. The van der Waals surface area contributed by atoms with Crippen molar-refractivity contribution in [3.63, 3.8) is 0 Å². The van der Waals surface area contributed by atoms with Crippen molar-refractivity contribution in [2.45, 2.75) is 32.9 Å². The van der Waals surface area contributed by atoms with Crippen LogP contribution in [0.1, 0.15) is 41.2 Å². The number of aromatic hydroxyl groups is 1. The lowest BCUT2D eigenvalue weighted by Crippen LogP contribution is -2.22. The highest BCUT2D eigenvalue weighted by atomic mass is 32.1. The van der Waals surface area contributed by atoms with Gasteiger partial charge in [0, 0.05) is 27.4 Å². The van der Waals surface area contributed by atoms with Crippen molar-refractivity contribution in [3.8, 4) is 5.75 Å². The third-order valence-electron chi connectivity index (χ3n) is 3.14. The van der Waals surface area contributed by atoms with E-state index < -0.39 is 0 Å². The second-order valence-electron chi connectivity index (χ2n) is 4.76. The van der Waals surface area contributed by atoms with Gasteiger partial charge in [-0.15, -0.1) is 11.3 Å². The lowest BCUT2D eigenvalue weighted by Gasteiger charge is -2.20. The van der Waals surface area contributed by atoms with Crippen LogP contribution >= 0.6 is 11.3 Å². The van der Waals surface area contributed by atoms with Gasteiger partial charge in [0.15, 0.2) is 0 Å². The van der Waals surface area contributed by atoms with Crippen molar-refractivity contribution >= 4 is 11.3 Å². The first-order valence-electron chi connectivity index (χ1n) is 6.28. The van der Waals surface area contributed by atoms with Crippen molar-refractivity contribution in [3.05, 3.63) is 51.5 Å². The first-order valence-corrected chi connectivity index (χ1v) is 7.10. The van der Waals surface area contributed by atoms with Gasteiger partial charge in [-0.1, -0.05) is 0 Å². The van der Waals surface area contributed by atoms with Gasteiger partial charge in [0.05, 0.1) is 0 Å². The van der Waals surface area contributed by atoms with Gasteiger partial charge in [0.1, 0.15) is 11.6 Å². The SMILES string of the molecule is Cc1ccc(C(C)NC(C)c2cc(F)ccc2O)s1. The molecule has 0 aliphatic rings. The maximum absolute atomic E-state index is 13.2. The highest BCUT2D eigenvalue weighted by Gasteiger charge is 2.15. The minimum atomic E-state index is -0.332. The molecule has 2 unspecified atom stereocenters. The van der Waals surface area contributed by atoms with E-state index in [0.717, 1.165) is 0 Å². The van der Waals surface area contributed by atoms with Gasteiger partial charge in [-0.05, 0) is 51.1 Å². The quantitative estimate of drug-likeness (QED) is 0.874. The number of aryl methyl sites for hydroxylation is 1. The molecule has 0 spiro atoms. The smallest absolute Gasteiger partial charge is 0.123 e. The fourth-order valence-electron chi connectivity index (χ4n) is 2.11. The maximum atomic E-state index is 13.2. The molecule has 19 heavy (non-hydrogen) atoms. The van der Waals surface area contributed by atoms with Crippen LogP contribution in [0.3, 0.4) is 0 Å². The number of nitrogens with one attached hydrogen (secondary N) is 1. The lowest BCUT2D eigenvalue weighted by atomic mass is 10.1. The molecule has 2 N–H and O–H groups in total. The second kappa shape index (κ2) is 5.72. The minimum Gasteiger partial charge on any atom is -0.508 e. The van der Waals surface area contributed by atoms with Crippen LogP contribution in [0, 0.1) is 12.7 Å². The van der Waals surface area contributed by atoms with Crippen LogP contribution in [0.5, 0.6) is 5.75 Å². The second-order valence-corrected chi connectivity index (χ2v) is 6.08. The number of phenolic OH excluding ortho intramolecular Hbond substituents is 1. The first kappa shape index (κ1) is 14.0. The highest BCUT2D eigenvalue weighted by molar-refractivity contribution is 7.12. The molecule has 0 bridgehead atoms. The van der Waals surface area contributed by atoms with Crippen molar-refractivity contribution in [2.75, 3.05) is 0 Å². The standard InChI is InChI=1S/C15H18FNOS/c1-9-4-7-15(19-9)11(3)17-10(2)13-8-12(16)5-6-14(13)18/h4-8,10-11,17-18H,1-3H3. The number of halogens is 1. The molecule has 0 aliphatic heterocycles. The summed E-state index contributed by atoms with van der Waals surface area (Å²) in [4.78, 5) is 2.50. The monoisotopic (exact) mass is 279 g/mol. The van der Waals surface area contributed by atoms with E-state index in [1.165, 1.54) is 28.0 Å². The van der Waals surface area contributed by atoms with E-state index in [-0.39, 0.29) is 23.7 Å². The Morgan fingerprint density at radius 2 is 1.89 bits per heavy atom. The van der Waals surface area contributed by atoms with Gasteiger partial charge in [-0.3, -0.25) is 0 Å². The largest absolute Gasteiger partial charge is 0.508 e. The lowest BCUT2D eigenvalue weighted by molar-refractivity contribution is 0.436. The number of benzene rings is 1. The third kappa shape index (κ3) is 3.33. The van der Waals surface area contributed by atoms with Crippen molar-refractivity contribution in [1.29, 1.82) is 0 Å². The average molecular weight is 279 g/mol. The molecule has 1 aromatic carbocycles. The van der Waals surface area contributed by atoms with Crippen LogP contribution < -0.4 is 5.32 Å². The Hall–Kier alpha value is -1.39. The molecule has 0 amide bonds. The van der Waals surface area contributed by atoms with E-state index in [2.05, 4.69) is 31.3 Å². The number of hydrogen-bond acceptors (Lipinski definition) is 3. The Labute approximate surface area is 116 Å². The summed E-state index contributed by atoms with van der Waals surface area (Å²) in [6.45, 7) is 6.06. The molecule has 2 aromatic rings. The van der Waals surface area contributed by atoms with Crippen LogP contribution in [0.4, 0.5) is 4.39 Å². The van der Waals surface area contributed by atoms with Crippen LogP contribution in [0.15, 0.2) is 30.3 Å². The molecule has 1 heterocycles. The summed E-state index contributed by atoms with van der Waals surface area (Å²) >= 11 is 1.74. The molecule has 0 fully saturated rings. The van der Waals surface area contributed by atoms with Crippen LogP contribution in [-0.2, 0) is 0 Å². The average Bonchev–Trinajstić information content (AvgIpc) is 2.79. The molecule has 2 atom stereocenters. The number of thiophene rings is 1. The van der Waals surface area contributed by atoms with Gasteiger partial charge in [-0.25, -0.2) is 4.39 Å². The van der Waals surface area contributed by atoms with Gasteiger partial charge >= 0.3 is 0 Å². The Balaban J connectivity index is 2.12. The Morgan fingerprint density at radius 3 is 2.53 bits per heavy atom. The summed E-state index contributed by atoms with van der Waals surface area (Å²) < 4.78 is 13.2. The molecule has 0 saturated carbocycles.